The minimum absolute atomic E-state index is 0.0547. The molecular weight excluding hydrogens is 903 g/mol. The van der Waals surface area contributed by atoms with Crippen molar-refractivity contribution in [3.8, 4) is 0 Å². The van der Waals surface area contributed by atoms with Gasteiger partial charge in [-0.25, -0.2) is 19.2 Å². The summed E-state index contributed by atoms with van der Waals surface area (Å²) in [6.07, 6.45) is 11.4. The van der Waals surface area contributed by atoms with Crippen LogP contribution in [0.2, 0.25) is 0 Å². The van der Waals surface area contributed by atoms with Crippen molar-refractivity contribution in [3.63, 3.8) is 0 Å². The van der Waals surface area contributed by atoms with Gasteiger partial charge in [-0.2, -0.15) is 11.8 Å². The van der Waals surface area contributed by atoms with Crippen molar-refractivity contribution in [1.29, 1.82) is 0 Å². The monoisotopic (exact) mass is 977 g/mol. The zero-order chi connectivity index (χ0) is 53.5. The molecule has 0 spiro atoms. The molecule has 0 heterocycles. The second-order valence-corrected chi connectivity index (χ2v) is 17.2. The molecule has 0 aliphatic carbocycles. The molecule has 18 heteroatoms. The molecular formula is C50H75NO16S. The zero-order valence-electron chi connectivity index (χ0n) is 42.3. The fourth-order valence-corrected chi connectivity index (χ4v) is 6.14. The fourth-order valence-electron chi connectivity index (χ4n) is 5.68. The Morgan fingerprint density at radius 1 is 0.618 bits per heavy atom. The standard InChI is InChI=1S/2C12H10O6.C10H23NS.C9H18O2.C7H14O2/c1-5(13)7-3-10(12(17)18)8(6(2)14)4-9(7)11(15)16;1-5(13)7-3-8(6(2)14)10(12(17)18)4-9(7)11(15)16;1-4-6-10(9-11-2)7-5-8-12-3;1-4-6-7-11-9(10)8(3)5-2;1-5-7(2,3)6(8)9-4/h2*3-4H,1-2H3,(H,15,16)(H,17,18);10-11H,4-9H2,1-3H3;8H,4-7H2,1-3H3;5H2,1-4H3. The van der Waals surface area contributed by atoms with E-state index in [0.29, 0.717) is 6.61 Å². The van der Waals surface area contributed by atoms with Gasteiger partial charge in [0.05, 0.1) is 47.3 Å². The summed E-state index contributed by atoms with van der Waals surface area (Å²) in [6.45, 7) is 20.3. The van der Waals surface area contributed by atoms with Gasteiger partial charge < -0.3 is 35.2 Å². The average molecular weight is 978 g/mol. The van der Waals surface area contributed by atoms with Crippen molar-refractivity contribution in [1.82, 2.24) is 5.32 Å². The van der Waals surface area contributed by atoms with Crippen LogP contribution in [0.3, 0.4) is 0 Å². The lowest BCUT2D eigenvalue weighted by molar-refractivity contribution is -0.151. The number of benzene rings is 2. The molecule has 0 bridgehead atoms. The van der Waals surface area contributed by atoms with Crippen LogP contribution in [0, 0.1) is 17.3 Å². The summed E-state index contributed by atoms with van der Waals surface area (Å²) >= 11 is 1.96. The minimum Gasteiger partial charge on any atom is -0.478 e. The highest BCUT2D eigenvalue weighted by Crippen LogP contribution is 2.22. The highest BCUT2D eigenvalue weighted by atomic mass is 32.2. The maximum atomic E-state index is 11.3. The second-order valence-electron chi connectivity index (χ2n) is 16.2. The van der Waals surface area contributed by atoms with Crippen molar-refractivity contribution in [2.45, 2.75) is 128 Å². The number of carboxylic acid groups (broad SMARTS) is 4. The molecule has 2 aromatic rings. The van der Waals surface area contributed by atoms with E-state index in [1.807, 2.05) is 46.4 Å². The lowest BCUT2D eigenvalue weighted by Gasteiger charge is -2.17. The first-order valence-electron chi connectivity index (χ1n) is 22.3. The third-order valence-corrected chi connectivity index (χ3v) is 11.0. The van der Waals surface area contributed by atoms with Gasteiger partial charge in [0, 0.05) is 22.3 Å². The number of hydrogen-bond acceptors (Lipinski definition) is 14. The first-order valence-corrected chi connectivity index (χ1v) is 23.7. The molecule has 382 valence electrons. The van der Waals surface area contributed by atoms with Crippen LogP contribution < -0.4 is 5.32 Å². The number of ether oxygens (including phenoxy) is 2. The molecule has 2 atom stereocenters. The van der Waals surface area contributed by atoms with Gasteiger partial charge in [-0.05, 0) is 136 Å². The Bertz CT molecular complexity index is 1720. The van der Waals surface area contributed by atoms with Crippen molar-refractivity contribution < 1.29 is 77.8 Å². The number of methoxy groups -OCH3 is 1. The number of hydrogen-bond donors (Lipinski definition) is 5. The van der Waals surface area contributed by atoms with E-state index in [1.54, 1.807) is 0 Å². The minimum atomic E-state index is -1.42. The molecule has 0 fully saturated rings. The zero-order valence-corrected chi connectivity index (χ0v) is 43.2. The van der Waals surface area contributed by atoms with E-state index in [4.69, 9.17) is 25.2 Å². The lowest BCUT2D eigenvalue weighted by atomic mass is 9.91. The van der Waals surface area contributed by atoms with Crippen LogP contribution >= 0.6 is 11.8 Å². The van der Waals surface area contributed by atoms with E-state index >= 15 is 0 Å². The summed E-state index contributed by atoms with van der Waals surface area (Å²) in [5.74, 6) is -5.77. The first-order chi connectivity index (χ1) is 31.6. The number of unbranched alkanes of at least 4 members (excludes halogenated alkanes) is 1. The normalized spacial score (nSPS) is 11.1. The van der Waals surface area contributed by atoms with E-state index in [0.717, 1.165) is 83.6 Å². The average Bonchev–Trinajstić information content (AvgIpc) is 3.28. The highest BCUT2D eigenvalue weighted by molar-refractivity contribution is 7.98. The Hall–Kier alpha value is -5.75. The number of rotatable bonds is 23. The molecule has 0 saturated carbocycles. The van der Waals surface area contributed by atoms with Gasteiger partial charge >= 0.3 is 35.8 Å². The van der Waals surface area contributed by atoms with Crippen LogP contribution in [-0.2, 0) is 19.1 Å². The quantitative estimate of drug-likeness (QED) is 0.0393. The van der Waals surface area contributed by atoms with Gasteiger partial charge in [-0.3, -0.25) is 28.8 Å². The van der Waals surface area contributed by atoms with E-state index in [-0.39, 0.29) is 56.7 Å². The summed E-state index contributed by atoms with van der Waals surface area (Å²) < 4.78 is 9.56. The summed E-state index contributed by atoms with van der Waals surface area (Å²) in [7, 11) is 3.47. The number of nitrogens with one attached hydrogen (secondary N) is 1. The van der Waals surface area contributed by atoms with Crippen LogP contribution in [0.15, 0.2) is 24.3 Å². The van der Waals surface area contributed by atoms with Gasteiger partial charge in [0.25, 0.3) is 0 Å². The van der Waals surface area contributed by atoms with Crippen LogP contribution in [0.25, 0.3) is 0 Å². The number of Topliss-reactive ketones (excluding diaryl/α,β-unsaturated/α-hetero) is 4. The SMILES string of the molecule is CC(=O)c1cc(C(=O)O)c(C(C)=O)cc1C(=O)O.CC(=O)c1cc(C(C)=O)c(C(=O)O)cc1C(=O)O.CCC(C)(C)C(=O)OC.CCCC(CCCSC)CNC.CCCCOC(=O)C(C)CC. The topological polar surface area (TPSA) is 282 Å². The molecule has 2 rings (SSSR count). The van der Waals surface area contributed by atoms with Crippen molar-refractivity contribution in [3.05, 3.63) is 68.8 Å². The van der Waals surface area contributed by atoms with Gasteiger partial charge in [0.2, 0.25) is 0 Å². The maximum absolute atomic E-state index is 11.3. The molecule has 0 amide bonds. The van der Waals surface area contributed by atoms with Gasteiger partial charge in [-0.1, -0.05) is 47.5 Å². The summed E-state index contributed by atoms with van der Waals surface area (Å²) in [4.78, 5) is 111. The largest absolute Gasteiger partial charge is 0.478 e. The van der Waals surface area contributed by atoms with E-state index in [9.17, 15) is 47.9 Å². The Labute approximate surface area is 405 Å². The molecule has 5 N–H and O–H groups in total. The Balaban J connectivity index is -0.000000798. The molecule has 68 heavy (non-hydrogen) atoms. The number of esters is 2. The predicted octanol–water partition coefficient (Wildman–Crippen LogP) is 9.71. The van der Waals surface area contributed by atoms with Crippen LogP contribution in [0.4, 0.5) is 0 Å². The van der Waals surface area contributed by atoms with E-state index in [1.165, 1.54) is 45.1 Å². The third-order valence-electron chi connectivity index (χ3n) is 10.3. The van der Waals surface area contributed by atoms with Crippen LogP contribution in [-0.4, -0.2) is 119 Å². The molecule has 0 aliphatic heterocycles. The van der Waals surface area contributed by atoms with Gasteiger partial charge in [0.15, 0.2) is 23.1 Å². The molecule has 0 radical (unpaired) electrons. The number of carbonyl (C=O) groups excluding carboxylic acids is 6. The number of aromatic carboxylic acids is 4. The van der Waals surface area contributed by atoms with Crippen molar-refractivity contribution >= 4 is 70.7 Å². The first kappa shape index (κ1) is 66.5. The summed E-state index contributed by atoms with van der Waals surface area (Å²) in [6, 6.07) is 3.69. The Morgan fingerprint density at radius 2 is 0.985 bits per heavy atom. The number of carboxylic acids is 4. The Kier molecular flexibility index (Phi) is 34.6. The number of thioether (sulfide) groups is 1. The Morgan fingerprint density at radius 3 is 1.24 bits per heavy atom. The predicted molar refractivity (Wildman–Crippen MR) is 262 cm³/mol. The van der Waals surface area contributed by atoms with E-state index in [2.05, 4.69) is 37.2 Å². The second kappa shape index (κ2) is 35.4. The highest BCUT2D eigenvalue weighted by Gasteiger charge is 2.26. The molecule has 17 nitrogen and oxygen atoms in total. The maximum Gasteiger partial charge on any atom is 0.336 e. The number of carbonyl (C=O) groups is 10. The third kappa shape index (κ3) is 25.4. The van der Waals surface area contributed by atoms with Crippen LogP contribution in [0.1, 0.15) is 210 Å². The summed E-state index contributed by atoms with van der Waals surface area (Å²) in [5.41, 5.74) is -2.75. The molecule has 0 aromatic heterocycles. The molecule has 0 aliphatic rings. The van der Waals surface area contributed by atoms with Crippen molar-refractivity contribution in [2.24, 2.45) is 17.3 Å². The number of ketones is 4. The fraction of sp³-hybridized carbons (Fsp3) is 0.560. The molecule has 2 aromatic carbocycles. The summed E-state index contributed by atoms with van der Waals surface area (Å²) in [5, 5.41) is 39.0. The molecule has 0 saturated heterocycles. The van der Waals surface area contributed by atoms with Gasteiger partial charge in [0.1, 0.15) is 0 Å². The lowest BCUT2D eigenvalue weighted by Crippen LogP contribution is -2.24. The molecule has 2 unspecified atom stereocenters. The van der Waals surface area contributed by atoms with Crippen molar-refractivity contribution in [2.75, 3.05) is 39.3 Å². The van der Waals surface area contributed by atoms with Gasteiger partial charge in [-0.15, -0.1) is 0 Å². The van der Waals surface area contributed by atoms with E-state index < -0.39 is 58.1 Å². The smallest absolute Gasteiger partial charge is 0.336 e. The van der Waals surface area contributed by atoms with Crippen LogP contribution in [0.5, 0.6) is 0 Å².